The molecule has 3 amide bonds. The van der Waals surface area contributed by atoms with Gasteiger partial charge in [0.25, 0.3) is 5.91 Å². The van der Waals surface area contributed by atoms with Gasteiger partial charge in [0, 0.05) is 51.0 Å². The third-order valence-electron chi connectivity index (χ3n) is 7.63. The second-order valence-electron chi connectivity index (χ2n) is 9.95. The van der Waals surface area contributed by atoms with E-state index >= 15 is 0 Å². The fourth-order valence-corrected chi connectivity index (χ4v) is 5.40. The molecule has 2 unspecified atom stereocenters. The van der Waals surface area contributed by atoms with Crippen molar-refractivity contribution < 1.29 is 24.0 Å². The first kappa shape index (κ1) is 23.7. The molecule has 1 aromatic carbocycles. The highest BCUT2D eigenvalue weighted by Crippen LogP contribution is 2.49. The Balaban J connectivity index is 1.09. The van der Waals surface area contributed by atoms with E-state index in [1.54, 1.807) is 11.8 Å². The molecule has 5 rings (SSSR count). The van der Waals surface area contributed by atoms with Crippen molar-refractivity contribution in [1.29, 1.82) is 0 Å². The van der Waals surface area contributed by atoms with Crippen LogP contribution in [0.1, 0.15) is 50.5 Å². The molecule has 1 aliphatic carbocycles. The molecule has 1 spiro atoms. The van der Waals surface area contributed by atoms with Crippen molar-refractivity contribution in [2.24, 2.45) is 5.92 Å². The molecule has 3 aliphatic heterocycles. The minimum Gasteiger partial charge on any atom is -0.450 e. The second kappa shape index (κ2) is 9.89. The number of rotatable bonds is 5. The quantitative estimate of drug-likeness (QED) is 0.668. The molecule has 188 valence electrons. The molecule has 2 atom stereocenters. The van der Waals surface area contributed by atoms with Gasteiger partial charge < -0.3 is 19.9 Å². The molecular formula is C26H34N4O5. The predicted molar refractivity (Wildman–Crippen MR) is 128 cm³/mol. The Morgan fingerprint density at radius 2 is 1.80 bits per heavy atom. The molecule has 1 saturated carbocycles. The molecule has 4 aliphatic rings. The number of ether oxygens (including phenoxy) is 1. The Bertz CT molecular complexity index is 981. The third kappa shape index (κ3) is 5.15. The zero-order chi connectivity index (χ0) is 24.4. The van der Waals surface area contributed by atoms with Gasteiger partial charge in [0.1, 0.15) is 11.3 Å². The smallest absolute Gasteiger partial charge is 0.409 e. The first-order chi connectivity index (χ1) is 17.0. The van der Waals surface area contributed by atoms with Crippen molar-refractivity contribution in [2.45, 2.75) is 56.6 Å². The van der Waals surface area contributed by atoms with Crippen LogP contribution >= 0.6 is 0 Å². The Labute approximate surface area is 205 Å². The minimum absolute atomic E-state index is 0.00278. The summed E-state index contributed by atoms with van der Waals surface area (Å²) in [4.78, 5) is 47.1. The topological polar surface area (TPSA) is 100 Å². The molecule has 2 saturated heterocycles. The van der Waals surface area contributed by atoms with Crippen LogP contribution in [0.4, 0.5) is 4.79 Å². The molecule has 9 heteroatoms. The highest BCUT2D eigenvalue weighted by atomic mass is 16.7. The average molecular weight is 483 g/mol. The molecule has 0 radical (unpaired) electrons. The minimum atomic E-state index is -0.556. The maximum absolute atomic E-state index is 13.0. The van der Waals surface area contributed by atoms with Gasteiger partial charge in [-0.15, -0.1) is 0 Å². The molecule has 1 aromatic rings. The summed E-state index contributed by atoms with van der Waals surface area (Å²) >= 11 is 0. The summed E-state index contributed by atoms with van der Waals surface area (Å²) in [6.45, 7) is 4.52. The molecule has 3 heterocycles. The first-order valence-electron chi connectivity index (χ1n) is 12.7. The Kier molecular flexibility index (Phi) is 6.69. The number of hydrogen-bond donors (Lipinski definition) is 2. The Morgan fingerprint density at radius 1 is 1.09 bits per heavy atom. The van der Waals surface area contributed by atoms with Crippen molar-refractivity contribution in [2.75, 3.05) is 32.8 Å². The highest BCUT2D eigenvalue weighted by Gasteiger charge is 2.48. The van der Waals surface area contributed by atoms with Crippen LogP contribution in [0.15, 0.2) is 42.1 Å². The monoisotopic (exact) mass is 482 g/mol. The van der Waals surface area contributed by atoms with Gasteiger partial charge in [0.15, 0.2) is 0 Å². The van der Waals surface area contributed by atoms with E-state index in [1.807, 2.05) is 29.2 Å². The average Bonchev–Trinajstić information content (AvgIpc) is 3.59. The van der Waals surface area contributed by atoms with Crippen molar-refractivity contribution in [3.8, 4) is 0 Å². The van der Waals surface area contributed by atoms with E-state index in [1.165, 1.54) is 5.56 Å². The van der Waals surface area contributed by atoms with Crippen LogP contribution < -0.4 is 10.8 Å². The largest absolute Gasteiger partial charge is 0.450 e. The highest BCUT2D eigenvalue weighted by molar-refractivity contribution is 5.93. The number of carbonyl (C=O) groups is 3. The lowest BCUT2D eigenvalue weighted by molar-refractivity contribution is -0.138. The van der Waals surface area contributed by atoms with Gasteiger partial charge in [-0.3, -0.25) is 19.9 Å². The summed E-state index contributed by atoms with van der Waals surface area (Å²) in [6, 6.07) is 10.3. The van der Waals surface area contributed by atoms with Crippen LogP contribution in [-0.4, -0.2) is 72.1 Å². The fourth-order valence-electron chi connectivity index (χ4n) is 5.40. The molecule has 35 heavy (non-hydrogen) atoms. The Hall–Kier alpha value is -3.07. The van der Waals surface area contributed by atoms with Gasteiger partial charge in [-0.25, -0.2) is 4.79 Å². The zero-order valence-electron chi connectivity index (χ0n) is 20.2. The third-order valence-corrected chi connectivity index (χ3v) is 7.63. The number of carbonyl (C=O) groups excluding carboxylic acids is 3. The predicted octanol–water partition coefficient (Wildman–Crippen LogP) is 2.31. The SMILES string of the molecule is CCOC(=O)N1CCC(NC(=O)C2=CC3(CCN(C(=O)C4CC4c4ccccc4)CC3)ON2)CC1. The van der Waals surface area contributed by atoms with Crippen LogP contribution in [0.2, 0.25) is 0 Å². The number of nitrogens with zero attached hydrogens (tertiary/aromatic N) is 2. The molecule has 0 bridgehead atoms. The van der Waals surface area contributed by atoms with E-state index in [9.17, 15) is 14.4 Å². The molecule has 0 aromatic heterocycles. The van der Waals surface area contributed by atoms with Gasteiger partial charge in [-0.1, -0.05) is 30.3 Å². The first-order valence-corrected chi connectivity index (χ1v) is 12.7. The van der Waals surface area contributed by atoms with Crippen molar-refractivity contribution >= 4 is 17.9 Å². The summed E-state index contributed by atoms with van der Waals surface area (Å²) in [5, 5.41) is 3.05. The van der Waals surface area contributed by atoms with E-state index in [0.29, 0.717) is 70.1 Å². The number of amides is 3. The van der Waals surface area contributed by atoms with Gasteiger partial charge in [-0.2, -0.15) is 0 Å². The summed E-state index contributed by atoms with van der Waals surface area (Å²) in [6.07, 6.45) is 5.19. The number of piperidine rings is 2. The van der Waals surface area contributed by atoms with Gasteiger partial charge in [-0.05, 0) is 43.7 Å². The molecule has 3 fully saturated rings. The van der Waals surface area contributed by atoms with Crippen molar-refractivity contribution in [1.82, 2.24) is 20.6 Å². The van der Waals surface area contributed by atoms with Crippen molar-refractivity contribution in [3.05, 3.63) is 47.7 Å². The number of hydrogen-bond acceptors (Lipinski definition) is 6. The normalized spacial score (nSPS) is 25.6. The number of likely N-dealkylation sites (tertiary alicyclic amines) is 2. The lowest BCUT2D eigenvalue weighted by atomic mass is 9.90. The fraction of sp³-hybridized carbons (Fsp3) is 0.577. The van der Waals surface area contributed by atoms with Crippen LogP contribution in [0, 0.1) is 5.92 Å². The zero-order valence-corrected chi connectivity index (χ0v) is 20.2. The number of nitrogens with one attached hydrogen (secondary N) is 2. The van der Waals surface area contributed by atoms with Crippen LogP contribution in [0.3, 0.4) is 0 Å². The van der Waals surface area contributed by atoms with Crippen LogP contribution in [-0.2, 0) is 19.2 Å². The van der Waals surface area contributed by atoms with Crippen LogP contribution in [0.5, 0.6) is 0 Å². The summed E-state index contributed by atoms with van der Waals surface area (Å²) < 4.78 is 5.05. The molecule has 9 nitrogen and oxygen atoms in total. The van der Waals surface area contributed by atoms with Gasteiger partial charge in [0.2, 0.25) is 5.91 Å². The summed E-state index contributed by atoms with van der Waals surface area (Å²) in [5.74, 6) is 0.457. The summed E-state index contributed by atoms with van der Waals surface area (Å²) in [7, 11) is 0. The second-order valence-corrected chi connectivity index (χ2v) is 9.95. The lowest BCUT2D eigenvalue weighted by Crippen LogP contribution is -2.47. The van der Waals surface area contributed by atoms with Gasteiger partial charge in [0.05, 0.1) is 6.61 Å². The molecule has 2 N–H and O–H groups in total. The van der Waals surface area contributed by atoms with Crippen LogP contribution in [0.25, 0.3) is 0 Å². The standard InChI is InChI=1S/C26H34N4O5/c1-2-34-25(33)30-12-8-19(9-13-30)27-23(31)22-17-26(35-28-22)10-14-29(15-11-26)24(32)21-16-20(21)18-6-4-3-5-7-18/h3-7,17,19-21,28H,2,8-16H2,1H3,(H,27,31). The Morgan fingerprint density at radius 3 is 2.49 bits per heavy atom. The maximum atomic E-state index is 13.0. The van der Waals surface area contributed by atoms with E-state index in [4.69, 9.17) is 9.57 Å². The van der Waals surface area contributed by atoms with Gasteiger partial charge >= 0.3 is 6.09 Å². The summed E-state index contributed by atoms with van der Waals surface area (Å²) in [5.41, 5.74) is 3.93. The number of hydroxylamine groups is 1. The van der Waals surface area contributed by atoms with E-state index < -0.39 is 5.60 Å². The molecular weight excluding hydrogens is 448 g/mol. The van der Waals surface area contributed by atoms with Crippen molar-refractivity contribution in [3.63, 3.8) is 0 Å². The lowest BCUT2D eigenvalue weighted by Gasteiger charge is -2.36. The van der Waals surface area contributed by atoms with E-state index in [-0.39, 0.29) is 29.9 Å². The number of benzene rings is 1. The maximum Gasteiger partial charge on any atom is 0.409 e. The van der Waals surface area contributed by atoms with E-state index in [0.717, 1.165) is 6.42 Å². The van der Waals surface area contributed by atoms with E-state index in [2.05, 4.69) is 22.9 Å².